The molecule has 0 spiro atoms. The van der Waals surface area contributed by atoms with Gasteiger partial charge < -0.3 is 5.32 Å². The monoisotopic (exact) mass is 387 g/mol. The lowest BCUT2D eigenvalue weighted by molar-refractivity contribution is -0.126. The third-order valence-corrected chi connectivity index (χ3v) is 5.99. The topological polar surface area (TPSA) is 69.7 Å². The predicted octanol–water partition coefficient (Wildman–Crippen LogP) is 1.45. The Bertz CT molecular complexity index is 857. The largest absolute Gasteiger partial charge is 0.351 e. The van der Waals surface area contributed by atoms with Crippen LogP contribution in [0.25, 0.3) is 0 Å². The second-order valence-electron chi connectivity index (χ2n) is 6.81. The van der Waals surface area contributed by atoms with Crippen molar-refractivity contribution in [1.29, 1.82) is 0 Å². The molecule has 1 fully saturated rings. The highest BCUT2D eigenvalue weighted by atomic mass is 32.2. The average Bonchev–Trinajstić information content (AvgIpc) is 2.67. The van der Waals surface area contributed by atoms with E-state index in [-0.39, 0.29) is 5.91 Å². The summed E-state index contributed by atoms with van der Waals surface area (Å²) >= 11 is 0. The Morgan fingerprint density at radius 3 is 2.19 bits per heavy atom. The van der Waals surface area contributed by atoms with E-state index in [2.05, 4.69) is 10.2 Å². The highest BCUT2D eigenvalue weighted by Gasteiger charge is 2.37. The molecule has 0 saturated carbocycles. The normalized spacial score (nSPS) is 18.9. The average molecular weight is 388 g/mol. The van der Waals surface area contributed by atoms with Crippen LogP contribution >= 0.6 is 0 Å². The van der Waals surface area contributed by atoms with Crippen molar-refractivity contribution in [2.24, 2.45) is 0 Å². The molecule has 7 heteroatoms. The lowest BCUT2D eigenvalue weighted by Gasteiger charge is -2.39. The quantitative estimate of drug-likeness (QED) is 0.815. The first-order valence-electron chi connectivity index (χ1n) is 8.98. The summed E-state index contributed by atoms with van der Waals surface area (Å²) in [6.07, 6.45) is 1.16. The van der Waals surface area contributed by atoms with Gasteiger partial charge in [0.25, 0.3) is 0 Å². The van der Waals surface area contributed by atoms with Crippen LogP contribution in [0.5, 0.6) is 0 Å². The minimum Gasteiger partial charge on any atom is -0.351 e. The van der Waals surface area contributed by atoms with Gasteiger partial charge in [-0.3, -0.25) is 9.69 Å². The molecule has 3 rings (SSSR count). The zero-order valence-corrected chi connectivity index (χ0v) is 16.2. The van der Waals surface area contributed by atoms with Crippen LogP contribution in [0.2, 0.25) is 0 Å². The third-order valence-electron chi connectivity index (χ3n) is 4.70. The Morgan fingerprint density at radius 1 is 1.00 bits per heavy atom. The van der Waals surface area contributed by atoms with Crippen LogP contribution in [0.15, 0.2) is 60.7 Å². The Labute approximate surface area is 160 Å². The molecule has 0 bridgehead atoms. The number of benzene rings is 2. The second-order valence-corrected chi connectivity index (χ2v) is 8.75. The molecule has 1 unspecified atom stereocenters. The van der Waals surface area contributed by atoms with Gasteiger partial charge in [-0.2, -0.15) is 4.31 Å². The lowest BCUT2D eigenvalue weighted by atomic mass is 10.1. The van der Waals surface area contributed by atoms with Crippen molar-refractivity contribution in [1.82, 2.24) is 14.5 Å². The Hall–Kier alpha value is -2.22. The fourth-order valence-corrected chi connectivity index (χ4v) is 4.36. The van der Waals surface area contributed by atoms with Crippen molar-refractivity contribution in [2.45, 2.75) is 19.1 Å². The summed E-state index contributed by atoms with van der Waals surface area (Å²) in [4.78, 5) is 14.9. The number of nitrogens with zero attached hydrogens (tertiary/aromatic N) is 2. The fourth-order valence-electron chi connectivity index (χ4n) is 3.32. The molecule has 1 N–H and O–H groups in total. The summed E-state index contributed by atoms with van der Waals surface area (Å²) in [5.41, 5.74) is 2.13. The van der Waals surface area contributed by atoms with Crippen LogP contribution in [0.4, 0.5) is 0 Å². The first-order valence-corrected chi connectivity index (χ1v) is 10.8. The number of sulfonamides is 1. The molecule has 1 aliphatic heterocycles. The molecule has 2 aromatic rings. The molecular weight excluding hydrogens is 362 g/mol. The van der Waals surface area contributed by atoms with Gasteiger partial charge in [-0.05, 0) is 11.1 Å². The van der Waals surface area contributed by atoms with E-state index in [9.17, 15) is 13.2 Å². The second kappa shape index (κ2) is 8.65. The lowest BCUT2D eigenvalue weighted by Crippen LogP contribution is -2.59. The summed E-state index contributed by atoms with van der Waals surface area (Å²) in [5.74, 6) is -0.262. The van der Waals surface area contributed by atoms with Gasteiger partial charge in [0.05, 0.1) is 6.26 Å². The van der Waals surface area contributed by atoms with Crippen molar-refractivity contribution in [3.8, 4) is 0 Å². The number of rotatable bonds is 6. The number of nitrogens with one attached hydrogen (secondary N) is 1. The van der Waals surface area contributed by atoms with Crippen LogP contribution in [0.3, 0.4) is 0 Å². The standard InChI is InChI=1S/C20H25N3O3S/c1-27(25,26)23-13-12-22(15-18-10-6-3-7-11-18)16-19(23)20(24)21-14-17-8-4-2-5-9-17/h2-11,19H,12-16H2,1H3,(H,21,24). The molecular formula is C20H25N3O3S. The number of carbonyl (C=O) groups is 1. The first kappa shape index (κ1) is 19.5. The Kier molecular flexibility index (Phi) is 6.26. The highest BCUT2D eigenvalue weighted by Crippen LogP contribution is 2.16. The highest BCUT2D eigenvalue weighted by molar-refractivity contribution is 7.88. The van der Waals surface area contributed by atoms with Crippen molar-refractivity contribution in [3.05, 3.63) is 71.8 Å². The third kappa shape index (κ3) is 5.38. The molecule has 0 radical (unpaired) electrons. The van der Waals surface area contributed by atoms with Gasteiger partial charge in [-0.15, -0.1) is 0 Å². The number of piperazine rings is 1. The van der Waals surface area contributed by atoms with Gasteiger partial charge in [0, 0.05) is 32.7 Å². The summed E-state index contributed by atoms with van der Waals surface area (Å²) in [6, 6.07) is 18.9. The van der Waals surface area contributed by atoms with E-state index in [0.717, 1.165) is 17.4 Å². The van der Waals surface area contributed by atoms with Crippen molar-refractivity contribution in [2.75, 3.05) is 25.9 Å². The maximum absolute atomic E-state index is 12.8. The molecule has 0 aromatic heterocycles. The van der Waals surface area contributed by atoms with Crippen LogP contribution in [-0.4, -0.2) is 55.5 Å². The summed E-state index contributed by atoms with van der Waals surface area (Å²) in [5, 5.41) is 2.88. The van der Waals surface area contributed by atoms with E-state index >= 15 is 0 Å². The maximum atomic E-state index is 12.8. The Morgan fingerprint density at radius 2 is 1.59 bits per heavy atom. The molecule has 1 amide bonds. The summed E-state index contributed by atoms with van der Waals surface area (Å²) in [6.45, 7) is 2.37. The molecule has 2 aromatic carbocycles. The Balaban J connectivity index is 1.69. The van der Waals surface area contributed by atoms with E-state index in [1.807, 2.05) is 60.7 Å². The van der Waals surface area contributed by atoms with Crippen molar-refractivity contribution < 1.29 is 13.2 Å². The molecule has 144 valence electrons. The minimum absolute atomic E-state index is 0.262. The van der Waals surface area contributed by atoms with Gasteiger partial charge >= 0.3 is 0 Å². The molecule has 1 atom stereocenters. The smallest absolute Gasteiger partial charge is 0.240 e. The molecule has 1 heterocycles. The number of carbonyl (C=O) groups excluding carboxylic acids is 1. The van der Waals surface area contributed by atoms with Gasteiger partial charge in [-0.25, -0.2) is 8.42 Å². The van der Waals surface area contributed by atoms with Gasteiger partial charge in [0.15, 0.2) is 0 Å². The maximum Gasteiger partial charge on any atom is 0.240 e. The van der Waals surface area contributed by atoms with Crippen molar-refractivity contribution >= 4 is 15.9 Å². The van der Waals surface area contributed by atoms with Crippen LogP contribution in [0.1, 0.15) is 11.1 Å². The van der Waals surface area contributed by atoms with Crippen LogP contribution < -0.4 is 5.32 Å². The predicted molar refractivity (Wildman–Crippen MR) is 105 cm³/mol. The number of hydrogen-bond acceptors (Lipinski definition) is 4. The van der Waals surface area contributed by atoms with E-state index in [1.54, 1.807) is 0 Å². The first-order chi connectivity index (χ1) is 12.9. The molecule has 1 saturated heterocycles. The van der Waals surface area contributed by atoms with Crippen LogP contribution in [0, 0.1) is 0 Å². The number of amides is 1. The van der Waals surface area contributed by atoms with Gasteiger partial charge in [-0.1, -0.05) is 60.7 Å². The van der Waals surface area contributed by atoms with Crippen molar-refractivity contribution in [3.63, 3.8) is 0 Å². The number of hydrogen-bond donors (Lipinski definition) is 1. The SMILES string of the molecule is CS(=O)(=O)N1CCN(Cc2ccccc2)CC1C(=O)NCc1ccccc1. The fraction of sp³-hybridized carbons (Fsp3) is 0.350. The van der Waals surface area contributed by atoms with Gasteiger partial charge in [0.1, 0.15) is 6.04 Å². The van der Waals surface area contributed by atoms with Gasteiger partial charge in [0.2, 0.25) is 15.9 Å². The minimum atomic E-state index is -3.45. The molecule has 1 aliphatic rings. The zero-order valence-electron chi connectivity index (χ0n) is 15.4. The molecule has 0 aliphatic carbocycles. The van der Waals surface area contributed by atoms with E-state index in [0.29, 0.717) is 32.7 Å². The zero-order chi connectivity index (χ0) is 19.3. The van der Waals surface area contributed by atoms with E-state index < -0.39 is 16.1 Å². The summed E-state index contributed by atoms with van der Waals surface area (Å²) < 4.78 is 25.6. The van der Waals surface area contributed by atoms with Crippen LogP contribution in [-0.2, 0) is 27.9 Å². The molecule has 6 nitrogen and oxygen atoms in total. The van der Waals surface area contributed by atoms with E-state index in [1.165, 1.54) is 4.31 Å². The van der Waals surface area contributed by atoms with E-state index in [4.69, 9.17) is 0 Å². The molecule has 27 heavy (non-hydrogen) atoms. The summed E-state index contributed by atoms with van der Waals surface area (Å²) in [7, 11) is -3.45.